The molecule has 1 saturated carbocycles. The summed E-state index contributed by atoms with van der Waals surface area (Å²) in [6, 6.07) is 0.573. The Balaban J connectivity index is 1.46. The van der Waals surface area contributed by atoms with E-state index in [0.717, 1.165) is 50.0 Å². The fourth-order valence-corrected chi connectivity index (χ4v) is 4.71. The van der Waals surface area contributed by atoms with Gasteiger partial charge in [0.1, 0.15) is 11.6 Å². The van der Waals surface area contributed by atoms with E-state index in [1.807, 2.05) is 18.7 Å². The fourth-order valence-electron chi connectivity index (χ4n) is 4.71. The van der Waals surface area contributed by atoms with Crippen LogP contribution in [0.5, 0.6) is 0 Å². The Morgan fingerprint density at radius 1 is 1.33 bits per heavy atom. The zero-order valence-corrected chi connectivity index (χ0v) is 15.0. The third-order valence-corrected chi connectivity index (χ3v) is 5.91. The molecule has 2 aliphatic heterocycles. The largest absolute Gasteiger partial charge is 0.377 e. The first kappa shape index (κ1) is 15.9. The average molecular weight is 332 g/mol. The molecule has 2 fully saturated rings. The van der Waals surface area contributed by atoms with Crippen molar-refractivity contribution in [2.75, 3.05) is 13.7 Å². The number of ether oxygens (including phenoxy) is 1. The van der Waals surface area contributed by atoms with Gasteiger partial charge in [-0.05, 0) is 26.2 Å². The van der Waals surface area contributed by atoms with Gasteiger partial charge in [-0.1, -0.05) is 13.8 Å². The Kier molecular flexibility index (Phi) is 3.78. The molecule has 3 aliphatic rings. The number of guanidine groups is 1. The van der Waals surface area contributed by atoms with Crippen LogP contribution in [0.3, 0.4) is 0 Å². The molecule has 7 heteroatoms. The Morgan fingerprint density at radius 3 is 2.96 bits per heavy atom. The summed E-state index contributed by atoms with van der Waals surface area (Å²) in [6.45, 7) is 8.35. The predicted molar refractivity (Wildman–Crippen MR) is 91.8 cm³/mol. The van der Waals surface area contributed by atoms with Crippen molar-refractivity contribution >= 4 is 5.96 Å². The SMILES string of the molecule is CN=C(NC1CCCn2nc(C)nc21)NC1C2CCOC2C1(C)C. The molecule has 4 unspecified atom stereocenters. The number of aliphatic imine (C=N–C) groups is 1. The number of hydrogen-bond acceptors (Lipinski definition) is 4. The maximum Gasteiger partial charge on any atom is 0.191 e. The van der Waals surface area contributed by atoms with Gasteiger partial charge in [0.25, 0.3) is 0 Å². The molecule has 1 aliphatic carbocycles. The second kappa shape index (κ2) is 5.72. The highest BCUT2D eigenvalue weighted by Crippen LogP contribution is 2.52. The fraction of sp³-hybridized carbons (Fsp3) is 0.824. The first-order valence-electron chi connectivity index (χ1n) is 9.03. The van der Waals surface area contributed by atoms with E-state index in [2.05, 4.69) is 39.6 Å². The zero-order chi connectivity index (χ0) is 16.9. The van der Waals surface area contributed by atoms with E-state index in [9.17, 15) is 0 Å². The summed E-state index contributed by atoms with van der Waals surface area (Å²) >= 11 is 0. The van der Waals surface area contributed by atoms with Crippen LogP contribution in [-0.4, -0.2) is 46.5 Å². The lowest BCUT2D eigenvalue weighted by molar-refractivity contribution is -0.106. The molecule has 0 spiro atoms. The molecule has 1 saturated heterocycles. The normalized spacial score (nSPS) is 34.2. The van der Waals surface area contributed by atoms with Crippen LogP contribution in [0.2, 0.25) is 0 Å². The third kappa shape index (κ3) is 2.41. The average Bonchev–Trinajstić information content (AvgIpc) is 3.15. The van der Waals surface area contributed by atoms with Crippen LogP contribution < -0.4 is 10.6 Å². The number of hydrogen-bond donors (Lipinski definition) is 2. The topological polar surface area (TPSA) is 76.4 Å². The number of aryl methyl sites for hydroxylation is 2. The molecule has 24 heavy (non-hydrogen) atoms. The molecule has 132 valence electrons. The van der Waals surface area contributed by atoms with Crippen molar-refractivity contribution < 1.29 is 4.74 Å². The second-order valence-electron chi connectivity index (χ2n) is 7.84. The van der Waals surface area contributed by atoms with Crippen LogP contribution in [0.25, 0.3) is 0 Å². The maximum atomic E-state index is 5.89. The second-order valence-corrected chi connectivity index (χ2v) is 7.84. The predicted octanol–water partition coefficient (Wildman–Crippen LogP) is 1.40. The monoisotopic (exact) mass is 332 g/mol. The van der Waals surface area contributed by atoms with Gasteiger partial charge in [-0.15, -0.1) is 0 Å². The van der Waals surface area contributed by atoms with Crippen molar-refractivity contribution in [3.63, 3.8) is 0 Å². The van der Waals surface area contributed by atoms with Crippen molar-refractivity contribution in [2.24, 2.45) is 16.3 Å². The third-order valence-electron chi connectivity index (χ3n) is 5.91. The number of aromatic nitrogens is 3. The Hall–Kier alpha value is -1.63. The summed E-state index contributed by atoms with van der Waals surface area (Å²) < 4.78 is 7.92. The van der Waals surface area contributed by atoms with E-state index in [1.54, 1.807) is 0 Å². The van der Waals surface area contributed by atoms with E-state index in [0.29, 0.717) is 18.1 Å². The summed E-state index contributed by atoms with van der Waals surface area (Å²) in [5.74, 6) is 3.32. The molecule has 2 N–H and O–H groups in total. The molecular formula is C17H28N6O. The van der Waals surface area contributed by atoms with E-state index in [-0.39, 0.29) is 11.5 Å². The lowest BCUT2D eigenvalue weighted by Gasteiger charge is -2.55. The molecule has 0 bridgehead atoms. The van der Waals surface area contributed by atoms with Crippen molar-refractivity contribution in [3.8, 4) is 0 Å². The first-order chi connectivity index (χ1) is 11.5. The Morgan fingerprint density at radius 2 is 2.17 bits per heavy atom. The van der Waals surface area contributed by atoms with Crippen molar-refractivity contribution in [1.29, 1.82) is 0 Å². The van der Waals surface area contributed by atoms with Crippen LogP contribution in [-0.2, 0) is 11.3 Å². The number of nitrogens with zero attached hydrogens (tertiary/aromatic N) is 4. The molecule has 1 aromatic rings. The molecule has 0 radical (unpaired) electrons. The summed E-state index contributed by atoms with van der Waals surface area (Å²) in [7, 11) is 1.84. The van der Waals surface area contributed by atoms with Crippen LogP contribution in [0.15, 0.2) is 4.99 Å². The van der Waals surface area contributed by atoms with Crippen molar-refractivity contribution in [3.05, 3.63) is 11.6 Å². The number of rotatable bonds is 2. The van der Waals surface area contributed by atoms with Gasteiger partial charge in [0.05, 0.1) is 12.1 Å². The molecule has 0 aromatic carbocycles. The Bertz CT molecular complexity index is 652. The van der Waals surface area contributed by atoms with Gasteiger partial charge >= 0.3 is 0 Å². The molecule has 0 amide bonds. The van der Waals surface area contributed by atoms with Gasteiger partial charge in [-0.25, -0.2) is 9.67 Å². The van der Waals surface area contributed by atoms with E-state index in [1.165, 1.54) is 0 Å². The lowest BCUT2D eigenvalue weighted by atomic mass is 9.57. The highest BCUT2D eigenvalue weighted by Gasteiger charge is 2.59. The van der Waals surface area contributed by atoms with Gasteiger partial charge in [-0.2, -0.15) is 5.10 Å². The highest BCUT2D eigenvalue weighted by atomic mass is 16.5. The maximum absolute atomic E-state index is 5.89. The van der Waals surface area contributed by atoms with Gasteiger partial charge < -0.3 is 15.4 Å². The van der Waals surface area contributed by atoms with Crippen LogP contribution in [0.4, 0.5) is 0 Å². The minimum atomic E-state index is 0.141. The summed E-state index contributed by atoms with van der Waals surface area (Å²) in [5.41, 5.74) is 0.141. The number of fused-ring (bicyclic) bond motifs is 2. The van der Waals surface area contributed by atoms with Crippen molar-refractivity contribution in [2.45, 2.75) is 64.8 Å². The van der Waals surface area contributed by atoms with Gasteiger partial charge in [0.2, 0.25) is 0 Å². The van der Waals surface area contributed by atoms with E-state index in [4.69, 9.17) is 4.74 Å². The minimum Gasteiger partial charge on any atom is -0.377 e. The zero-order valence-electron chi connectivity index (χ0n) is 15.0. The Labute approximate surface area is 143 Å². The van der Waals surface area contributed by atoms with E-state index < -0.39 is 0 Å². The smallest absolute Gasteiger partial charge is 0.191 e. The summed E-state index contributed by atoms with van der Waals surface area (Å²) in [6.07, 6.45) is 3.69. The number of nitrogens with one attached hydrogen (secondary N) is 2. The standard InChI is InChI=1S/C17H28N6O/c1-10-19-15-12(6-5-8-23(15)22-10)20-16(18-4)21-13-11-7-9-24-14(11)17(13,2)3/h11-14H,5-9H2,1-4H3,(H2,18,20,21). The van der Waals surface area contributed by atoms with E-state index >= 15 is 0 Å². The van der Waals surface area contributed by atoms with Crippen LogP contribution in [0.1, 0.15) is 50.8 Å². The van der Waals surface area contributed by atoms with Gasteiger partial charge in [0.15, 0.2) is 5.96 Å². The van der Waals surface area contributed by atoms with Gasteiger partial charge in [-0.3, -0.25) is 4.99 Å². The van der Waals surface area contributed by atoms with Gasteiger partial charge in [0, 0.05) is 37.6 Å². The molecule has 4 rings (SSSR count). The first-order valence-corrected chi connectivity index (χ1v) is 9.03. The summed E-state index contributed by atoms with van der Waals surface area (Å²) in [5, 5.41) is 11.7. The highest BCUT2D eigenvalue weighted by molar-refractivity contribution is 5.80. The molecular weight excluding hydrogens is 304 g/mol. The van der Waals surface area contributed by atoms with Crippen LogP contribution >= 0.6 is 0 Å². The lowest BCUT2D eigenvalue weighted by Crippen LogP contribution is -2.68. The summed E-state index contributed by atoms with van der Waals surface area (Å²) in [4.78, 5) is 9.06. The molecule has 3 heterocycles. The van der Waals surface area contributed by atoms with Crippen molar-refractivity contribution in [1.82, 2.24) is 25.4 Å². The molecule has 1 aromatic heterocycles. The molecule has 7 nitrogen and oxygen atoms in total. The quantitative estimate of drug-likeness (QED) is 0.632. The molecule has 4 atom stereocenters. The van der Waals surface area contributed by atoms with Crippen LogP contribution in [0, 0.1) is 18.3 Å². The minimum absolute atomic E-state index is 0.141.